The highest BCUT2D eigenvalue weighted by Gasteiger charge is 2.18. The molecule has 3 heteroatoms. The van der Waals surface area contributed by atoms with Crippen molar-refractivity contribution in [3.8, 4) is 0 Å². The zero-order valence-electron chi connectivity index (χ0n) is 9.54. The van der Waals surface area contributed by atoms with Crippen LogP contribution in [0.1, 0.15) is 26.2 Å². The summed E-state index contributed by atoms with van der Waals surface area (Å²) in [5.74, 6) is 0.784. The second-order valence-electron chi connectivity index (χ2n) is 4.51. The minimum Gasteiger partial charge on any atom is -0.384 e. The molecule has 0 spiro atoms. The lowest BCUT2D eigenvalue weighted by Crippen LogP contribution is -2.37. The number of piperidine rings is 1. The fourth-order valence-corrected chi connectivity index (χ4v) is 2.00. The van der Waals surface area contributed by atoms with Gasteiger partial charge in [-0.3, -0.25) is 0 Å². The summed E-state index contributed by atoms with van der Waals surface area (Å²) in [6.07, 6.45) is 3.69. The molecule has 1 aliphatic rings. The number of nitrogens with two attached hydrogens (primary N) is 1. The van der Waals surface area contributed by atoms with E-state index in [4.69, 9.17) is 10.5 Å². The molecule has 0 radical (unpaired) electrons. The Morgan fingerprint density at radius 2 is 2.07 bits per heavy atom. The number of hydrogen-bond donors (Lipinski definition) is 1. The Bertz CT molecular complexity index is 142. The molecule has 0 bridgehead atoms. The van der Waals surface area contributed by atoms with Crippen molar-refractivity contribution in [3.63, 3.8) is 0 Å². The number of hydrogen-bond acceptors (Lipinski definition) is 3. The van der Waals surface area contributed by atoms with Crippen molar-refractivity contribution >= 4 is 0 Å². The van der Waals surface area contributed by atoms with Crippen molar-refractivity contribution in [2.45, 2.75) is 32.2 Å². The summed E-state index contributed by atoms with van der Waals surface area (Å²) >= 11 is 0. The molecule has 1 aliphatic heterocycles. The van der Waals surface area contributed by atoms with E-state index in [0.717, 1.165) is 25.5 Å². The van der Waals surface area contributed by atoms with Crippen LogP contribution < -0.4 is 5.73 Å². The highest BCUT2D eigenvalue weighted by atomic mass is 16.5. The molecular formula is C11H24N2O. The van der Waals surface area contributed by atoms with Gasteiger partial charge in [-0.25, -0.2) is 0 Å². The Hall–Kier alpha value is -0.120. The molecule has 1 fully saturated rings. The maximum atomic E-state index is 5.74. The predicted molar refractivity (Wildman–Crippen MR) is 59.3 cm³/mol. The maximum absolute atomic E-state index is 5.74. The molecule has 0 aromatic carbocycles. The van der Waals surface area contributed by atoms with Crippen molar-refractivity contribution in [2.75, 3.05) is 33.4 Å². The molecule has 1 rings (SSSR count). The lowest BCUT2D eigenvalue weighted by Gasteiger charge is -2.31. The number of ether oxygens (including phenoxy) is 1. The second kappa shape index (κ2) is 6.38. The van der Waals surface area contributed by atoms with E-state index in [1.807, 2.05) is 0 Å². The molecule has 3 nitrogen and oxygen atoms in total. The summed E-state index contributed by atoms with van der Waals surface area (Å²) < 4.78 is 5.18. The summed E-state index contributed by atoms with van der Waals surface area (Å²) in [4.78, 5) is 2.52. The van der Waals surface area contributed by atoms with Crippen LogP contribution >= 0.6 is 0 Å². The van der Waals surface area contributed by atoms with Crippen LogP contribution in [0.25, 0.3) is 0 Å². The van der Waals surface area contributed by atoms with E-state index in [2.05, 4.69) is 11.8 Å². The monoisotopic (exact) mass is 200 g/mol. The van der Waals surface area contributed by atoms with Crippen LogP contribution in [0.3, 0.4) is 0 Å². The van der Waals surface area contributed by atoms with Gasteiger partial charge in [0.15, 0.2) is 0 Å². The second-order valence-corrected chi connectivity index (χ2v) is 4.51. The predicted octanol–water partition coefficient (Wildman–Crippen LogP) is 1.08. The van der Waals surface area contributed by atoms with Gasteiger partial charge in [0.25, 0.3) is 0 Å². The zero-order valence-corrected chi connectivity index (χ0v) is 9.54. The van der Waals surface area contributed by atoms with E-state index in [9.17, 15) is 0 Å². The summed E-state index contributed by atoms with van der Waals surface area (Å²) in [7, 11) is 1.79. The van der Waals surface area contributed by atoms with Gasteiger partial charge in [0, 0.05) is 19.8 Å². The zero-order chi connectivity index (χ0) is 10.4. The standard InChI is InChI=1S/C11H24N2O/c1-10(12)3-6-13-7-4-11(5-8-13)9-14-2/h10-11H,3-9,12H2,1-2H3. The van der Waals surface area contributed by atoms with Gasteiger partial charge < -0.3 is 15.4 Å². The van der Waals surface area contributed by atoms with Crippen molar-refractivity contribution in [3.05, 3.63) is 0 Å². The highest BCUT2D eigenvalue weighted by Crippen LogP contribution is 2.17. The average molecular weight is 200 g/mol. The Morgan fingerprint density at radius 3 is 2.57 bits per heavy atom. The first-order valence-electron chi connectivity index (χ1n) is 5.69. The van der Waals surface area contributed by atoms with Gasteiger partial charge in [0.2, 0.25) is 0 Å². The minimum atomic E-state index is 0.340. The van der Waals surface area contributed by atoms with Crippen LogP contribution in [0.4, 0.5) is 0 Å². The van der Waals surface area contributed by atoms with Gasteiger partial charge in [0.05, 0.1) is 0 Å². The first-order valence-corrected chi connectivity index (χ1v) is 5.69. The average Bonchev–Trinajstić information content (AvgIpc) is 2.17. The van der Waals surface area contributed by atoms with Crippen molar-refractivity contribution < 1.29 is 4.74 Å². The molecule has 0 aliphatic carbocycles. The topological polar surface area (TPSA) is 38.5 Å². The van der Waals surface area contributed by atoms with Crippen LogP contribution in [0.15, 0.2) is 0 Å². The van der Waals surface area contributed by atoms with E-state index in [-0.39, 0.29) is 0 Å². The van der Waals surface area contributed by atoms with Crippen LogP contribution in [0, 0.1) is 5.92 Å². The third kappa shape index (κ3) is 4.40. The lowest BCUT2D eigenvalue weighted by atomic mass is 9.97. The van der Waals surface area contributed by atoms with E-state index in [0.29, 0.717) is 6.04 Å². The van der Waals surface area contributed by atoms with E-state index >= 15 is 0 Å². The first kappa shape index (κ1) is 12.0. The molecular weight excluding hydrogens is 176 g/mol. The first-order chi connectivity index (χ1) is 6.72. The van der Waals surface area contributed by atoms with Crippen molar-refractivity contribution in [1.82, 2.24) is 4.90 Å². The maximum Gasteiger partial charge on any atom is 0.0491 e. The summed E-state index contributed by atoms with van der Waals surface area (Å²) in [5, 5.41) is 0. The quantitative estimate of drug-likeness (QED) is 0.722. The molecule has 0 saturated carbocycles. The molecule has 0 aromatic heterocycles. The molecule has 14 heavy (non-hydrogen) atoms. The van der Waals surface area contributed by atoms with E-state index in [1.54, 1.807) is 7.11 Å². The summed E-state index contributed by atoms with van der Waals surface area (Å²) in [5.41, 5.74) is 5.74. The van der Waals surface area contributed by atoms with Crippen LogP contribution in [-0.2, 0) is 4.74 Å². The molecule has 2 N–H and O–H groups in total. The molecule has 1 heterocycles. The minimum absolute atomic E-state index is 0.340. The molecule has 84 valence electrons. The van der Waals surface area contributed by atoms with Gasteiger partial charge >= 0.3 is 0 Å². The molecule has 0 amide bonds. The Labute approximate surface area is 87.6 Å². The van der Waals surface area contributed by atoms with Gasteiger partial charge in [-0.15, -0.1) is 0 Å². The number of nitrogens with zero attached hydrogens (tertiary/aromatic N) is 1. The van der Waals surface area contributed by atoms with Crippen LogP contribution in [-0.4, -0.2) is 44.3 Å². The summed E-state index contributed by atoms with van der Waals surface area (Å²) in [6.45, 7) is 6.62. The van der Waals surface area contributed by atoms with Gasteiger partial charge in [0.1, 0.15) is 0 Å². The largest absolute Gasteiger partial charge is 0.384 e. The number of rotatable bonds is 5. The molecule has 1 saturated heterocycles. The van der Waals surface area contributed by atoms with Crippen LogP contribution in [0.5, 0.6) is 0 Å². The third-order valence-corrected chi connectivity index (χ3v) is 3.01. The van der Waals surface area contributed by atoms with Crippen molar-refractivity contribution in [1.29, 1.82) is 0 Å². The smallest absolute Gasteiger partial charge is 0.0491 e. The van der Waals surface area contributed by atoms with Gasteiger partial charge in [-0.05, 0) is 51.7 Å². The van der Waals surface area contributed by atoms with E-state index in [1.165, 1.54) is 25.9 Å². The van der Waals surface area contributed by atoms with Crippen LogP contribution in [0.2, 0.25) is 0 Å². The van der Waals surface area contributed by atoms with Gasteiger partial charge in [-0.2, -0.15) is 0 Å². The Kier molecular flexibility index (Phi) is 5.45. The Morgan fingerprint density at radius 1 is 1.43 bits per heavy atom. The lowest BCUT2D eigenvalue weighted by molar-refractivity contribution is 0.0985. The molecule has 1 atom stereocenters. The number of likely N-dealkylation sites (tertiary alicyclic amines) is 1. The molecule has 1 unspecified atom stereocenters. The van der Waals surface area contributed by atoms with Crippen molar-refractivity contribution in [2.24, 2.45) is 11.7 Å². The molecule has 0 aromatic rings. The Balaban J connectivity index is 2.09. The fraction of sp³-hybridized carbons (Fsp3) is 1.00. The highest BCUT2D eigenvalue weighted by molar-refractivity contribution is 4.72. The SMILES string of the molecule is COCC1CCN(CCC(C)N)CC1. The van der Waals surface area contributed by atoms with E-state index < -0.39 is 0 Å². The number of methoxy groups -OCH3 is 1. The summed E-state index contributed by atoms with van der Waals surface area (Å²) in [6, 6.07) is 0.340. The fourth-order valence-electron chi connectivity index (χ4n) is 2.00. The van der Waals surface area contributed by atoms with Gasteiger partial charge in [-0.1, -0.05) is 0 Å². The normalized spacial score (nSPS) is 22.5. The third-order valence-electron chi connectivity index (χ3n) is 3.01.